The molecule has 1 aliphatic carbocycles. The van der Waals surface area contributed by atoms with Crippen molar-refractivity contribution in [3.05, 3.63) is 65.0 Å². The molecule has 2 aliphatic rings. The molecule has 0 saturated heterocycles. The van der Waals surface area contributed by atoms with Crippen LogP contribution in [0.4, 0.5) is 4.79 Å². The van der Waals surface area contributed by atoms with E-state index in [0.717, 1.165) is 24.2 Å². The molecule has 0 bridgehead atoms. The Morgan fingerprint density at radius 3 is 2.82 bits per heavy atom. The maximum Gasteiger partial charge on any atom is 0.322 e. The summed E-state index contributed by atoms with van der Waals surface area (Å²) >= 11 is 0. The quantitative estimate of drug-likeness (QED) is 0.774. The van der Waals surface area contributed by atoms with Crippen LogP contribution in [0.25, 0.3) is 5.70 Å². The van der Waals surface area contributed by atoms with E-state index < -0.39 is 6.04 Å². The zero-order chi connectivity index (χ0) is 19.7. The molecule has 0 spiro atoms. The van der Waals surface area contributed by atoms with E-state index in [1.165, 1.54) is 0 Å². The number of fused-ring (bicyclic) bond motifs is 2. The van der Waals surface area contributed by atoms with Crippen molar-refractivity contribution < 1.29 is 14.3 Å². The third-order valence-corrected chi connectivity index (χ3v) is 5.12. The first-order valence-corrected chi connectivity index (χ1v) is 9.70. The van der Waals surface area contributed by atoms with Crippen molar-refractivity contribution in [1.82, 2.24) is 15.2 Å². The normalized spacial score (nSPS) is 18.1. The average Bonchev–Trinajstić information content (AvgIpc) is 3.01. The van der Waals surface area contributed by atoms with Gasteiger partial charge in [-0.3, -0.25) is 14.7 Å². The molecule has 2 aromatic rings. The Bertz CT molecular complexity index is 967. The van der Waals surface area contributed by atoms with Crippen molar-refractivity contribution in [2.24, 2.45) is 0 Å². The van der Waals surface area contributed by atoms with Crippen LogP contribution >= 0.6 is 0 Å². The molecule has 1 aromatic carbocycles. The lowest BCUT2D eigenvalue weighted by Crippen LogP contribution is -2.46. The predicted octanol–water partition coefficient (Wildman–Crippen LogP) is 3.95. The van der Waals surface area contributed by atoms with Gasteiger partial charge in [0.1, 0.15) is 5.75 Å². The van der Waals surface area contributed by atoms with Gasteiger partial charge in [-0.1, -0.05) is 25.5 Å². The molecule has 28 heavy (non-hydrogen) atoms. The standard InChI is InChI=1S/C22H23N3O3/c1-3-5-12-28-15-9-6-8-14(13-15)18-17-20(25(4-2)22(27)24-18)19-16(21(17)26)10-7-11-23-19/h6-11,13,18H,3-5,12H2,1-2H3,(H,24,27). The van der Waals surface area contributed by atoms with Gasteiger partial charge in [0.05, 0.1) is 35.2 Å². The molecular formula is C22H23N3O3. The van der Waals surface area contributed by atoms with E-state index in [-0.39, 0.29) is 11.8 Å². The van der Waals surface area contributed by atoms with Crippen LogP contribution in [0, 0.1) is 0 Å². The number of pyridine rings is 1. The van der Waals surface area contributed by atoms with Gasteiger partial charge in [-0.15, -0.1) is 0 Å². The fourth-order valence-corrected chi connectivity index (χ4v) is 3.74. The molecule has 2 heterocycles. The number of hydrogen-bond acceptors (Lipinski definition) is 4. The van der Waals surface area contributed by atoms with Crippen LogP contribution in [-0.2, 0) is 0 Å². The first-order chi connectivity index (χ1) is 13.7. The summed E-state index contributed by atoms with van der Waals surface area (Å²) in [6.45, 7) is 5.10. The monoisotopic (exact) mass is 377 g/mol. The van der Waals surface area contributed by atoms with Gasteiger partial charge in [0.25, 0.3) is 0 Å². The van der Waals surface area contributed by atoms with E-state index >= 15 is 0 Å². The maximum absolute atomic E-state index is 13.2. The van der Waals surface area contributed by atoms with E-state index in [0.29, 0.717) is 35.7 Å². The first-order valence-electron chi connectivity index (χ1n) is 9.70. The summed E-state index contributed by atoms with van der Waals surface area (Å²) < 4.78 is 5.81. The van der Waals surface area contributed by atoms with E-state index in [1.54, 1.807) is 23.2 Å². The molecule has 0 saturated carbocycles. The number of nitrogens with zero attached hydrogens (tertiary/aromatic N) is 2. The number of urea groups is 1. The summed E-state index contributed by atoms with van der Waals surface area (Å²) in [7, 11) is 0. The number of ether oxygens (including phenoxy) is 1. The molecule has 4 rings (SSSR count). The van der Waals surface area contributed by atoms with Crippen molar-refractivity contribution >= 4 is 17.5 Å². The number of amides is 2. The molecular weight excluding hydrogens is 354 g/mol. The minimum atomic E-state index is -0.526. The number of nitrogens with one attached hydrogen (secondary N) is 1. The fourth-order valence-electron chi connectivity index (χ4n) is 3.74. The van der Waals surface area contributed by atoms with Crippen LogP contribution in [0.5, 0.6) is 5.75 Å². The smallest absolute Gasteiger partial charge is 0.322 e. The third kappa shape index (κ3) is 2.95. The minimum Gasteiger partial charge on any atom is -0.494 e. The highest BCUT2D eigenvalue weighted by atomic mass is 16.5. The number of carbonyl (C=O) groups is 2. The van der Waals surface area contributed by atoms with Gasteiger partial charge in [0, 0.05) is 12.7 Å². The Labute approximate surface area is 164 Å². The lowest BCUT2D eigenvalue weighted by molar-refractivity contribution is 0.102. The Morgan fingerprint density at radius 1 is 1.18 bits per heavy atom. The highest BCUT2D eigenvalue weighted by Gasteiger charge is 2.43. The summed E-state index contributed by atoms with van der Waals surface area (Å²) in [5, 5.41) is 2.99. The third-order valence-electron chi connectivity index (χ3n) is 5.12. The largest absolute Gasteiger partial charge is 0.494 e. The van der Waals surface area contributed by atoms with E-state index in [4.69, 9.17) is 4.74 Å². The van der Waals surface area contributed by atoms with Crippen LogP contribution < -0.4 is 10.1 Å². The number of carbonyl (C=O) groups excluding carboxylic acids is 2. The lowest BCUT2D eigenvalue weighted by atomic mass is 9.94. The van der Waals surface area contributed by atoms with E-state index in [1.807, 2.05) is 31.2 Å². The number of aromatic nitrogens is 1. The number of ketones is 1. The Hall–Kier alpha value is -3.15. The second kappa shape index (κ2) is 7.46. The zero-order valence-corrected chi connectivity index (χ0v) is 16.1. The summed E-state index contributed by atoms with van der Waals surface area (Å²) in [4.78, 5) is 31.9. The van der Waals surface area contributed by atoms with Gasteiger partial charge < -0.3 is 10.1 Å². The Kier molecular flexibility index (Phi) is 4.86. The molecule has 144 valence electrons. The highest BCUT2D eigenvalue weighted by molar-refractivity contribution is 6.22. The maximum atomic E-state index is 13.2. The zero-order valence-electron chi connectivity index (χ0n) is 16.1. The summed E-state index contributed by atoms with van der Waals surface area (Å²) in [5.41, 5.74) is 3.14. The molecule has 6 nitrogen and oxygen atoms in total. The topological polar surface area (TPSA) is 71.5 Å². The van der Waals surface area contributed by atoms with Gasteiger partial charge in [-0.25, -0.2) is 4.79 Å². The fraction of sp³-hybridized carbons (Fsp3) is 0.318. The Balaban J connectivity index is 1.77. The predicted molar refractivity (Wildman–Crippen MR) is 106 cm³/mol. The number of hydrogen-bond donors (Lipinski definition) is 1. The SMILES string of the molecule is CCCCOc1cccc(C2NC(=O)N(CC)C3=C2C(=O)c2cccnc23)c1. The number of rotatable bonds is 6. The molecule has 1 unspecified atom stereocenters. The highest BCUT2D eigenvalue weighted by Crippen LogP contribution is 2.43. The van der Waals surface area contributed by atoms with Crippen LogP contribution in [0.1, 0.15) is 54.3 Å². The molecule has 1 atom stereocenters. The van der Waals surface area contributed by atoms with Crippen LogP contribution in [0.15, 0.2) is 48.2 Å². The van der Waals surface area contributed by atoms with Gasteiger partial charge in [-0.05, 0) is 43.2 Å². The van der Waals surface area contributed by atoms with Crippen LogP contribution in [-0.4, -0.2) is 34.8 Å². The lowest BCUT2D eigenvalue weighted by Gasteiger charge is -2.33. The van der Waals surface area contributed by atoms with Gasteiger partial charge in [0.2, 0.25) is 0 Å². The molecule has 1 aromatic heterocycles. The van der Waals surface area contributed by atoms with Crippen LogP contribution in [0.2, 0.25) is 0 Å². The second-order valence-corrected chi connectivity index (χ2v) is 6.89. The molecule has 6 heteroatoms. The van der Waals surface area contributed by atoms with E-state index in [2.05, 4.69) is 17.2 Å². The van der Waals surface area contributed by atoms with Crippen molar-refractivity contribution in [3.63, 3.8) is 0 Å². The number of benzene rings is 1. The van der Waals surface area contributed by atoms with Crippen molar-refractivity contribution in [1.29, 1.82) is 0 Å². The molecule has 1 aliphatic heterocycles. The minimum absolute atomic E-state index is 0.0844. The molecule has 0 fully saturated rings. The molecule has 0 radical (unpaired) electrons. The summed E-state index contributed by atoms with van der Waals surface area (Å²) in [5.74, 6) is 0.653. The van der Waals surface area contributed by atoms with Gasteiger partial charge in [-0.2, -0.15) is 0 Å². The number of Topliss-reactive ketones (excluding diaryl/α,β-unsaturated/α-hetero) is 1. The average molecular weight is 377 g/mol. The molecule has 1 N–H and O–H groups in total. The Morgan fingerprint density at radius 2 is 2.04 bits per heavy atom. The van der Waals surface area contributed by atoms with Crippen molar-refractivity contribution in [2.45, 2.75) is 32.7 Å². The first kappa shape index (κ1) is 18.2. The van der Waals surface area contributed by atoms with Gasteiger partial charge >= 0.3 is 6.03 Å². The second-order valence-electron chi connectivity index (χ2n) is 6.89. The van der Waals surface area contributed by atoms with Crippen molar-refractivity contribution in [2.75, 3.05) is 13.2 Å². The van der Waals surface area contributed by atoms with E-state index in [9.17, 15) is 9.59 Å². The molecule has 2 amide bonds. The number of unbranched alkanes of at least 4 members (excludes halogenated alkanes) is 1. The van der Waals surface area contributed by atoms with Gasteiger partial charge in [0.15, 0.2) is 5.78 Å². The van der Waals surface area contributed by atoms with Crippen LogP contribution in [0.3, 0.4) is 0 Å². The summed E-state index contributed by atoms with van der Waals surface area (Å²) in [6.07, 6.45) is 3.69. The summed E-state index contributed by atoms with van der Waals surface area (Å²) in [6, 6.07) is 10.4. The van der Waals surface area contributed by atoms with Crippen molar-refractivity contribution in [3.8, 4) is 5.75 Å².